The number of hydrogen-bond donors (Lipinski definition) is 1. The number of carboxylic acid groups (broad SMARTS) is 1. The van der Waals surface area contributed by atoms with Crippen molar-refractivity contribution in [2.24, 2.45) is 0 Å². The molecule has 0 aliphatic heterocycles. The first-order chi connectivity index (χ1) is 6.74. The summed E-state index contributed by atoms with van der Waals surface area (Å²) in [4.78, 5) is 9.37. The van der Waals surface area contributed by atoms with Gasteiger partial charge in [-0.2, -0.15) is 0 Å². The summed E-state index contributed by atoms with van der Waals surface area (Å²) in [5.41, 5.74) is 0.956. The summed E-state index contributed by atoms with van der Waals surface area (Å²) in [6.07, 6.45) is 1.92. The number of carbonyl (C=O) groups is 1. The fourth-order valence-corrected chi connectivity index (χ4v) is 0.906. The zero-order valence-electron chi connectivity index (χ0n) is 7.93. The zero-order valence-corrected chi connectivity index (χ0v) is 7.93. The number of fused-ring (bicyclic) bond motifs is 1. The van der Waals surface area contributed by atoms with Crippen molar-refractivity contribution in [1.82, 2.24) is 0 Å². The number of carboxylic acids is 1. The molecule has 74 valence electrons. The predicted molar refractivity (Wildman–Crippen MR) is 54.1 cm³/mol. The first-order valence-corrected chi connectivity index (χ1v) is 4.38. The van der Waals surface area contributed by atoms with Crippen LogP contribution in [0.5, 0.6) is 0 Å². The second-order valence-electron chi connectivity index (χ2n) is 2.71. The van der Waals surface area contributed by atoms with Crippen LogP contribution in [0.3, 0.4) is 0 Å². The van der Waals surface area contributed by atoms with Crippen LogP contribution in [0.2, 0.25) is 0 Å². The molecule has 3 nitrogen and oxygen atoms in total. The molecule has 0 atom stereocenters. The fraction of sp³-hybridized carbons (Fsp3) is 0.182. The van der Waals surface area contributed by atoms with Gasteiger partial charge in [0.1, 0.15) is 5.58 Å². The Morgan fingerprint density at radius 2 is 2.00 bits per heavy atom. The Bertz CT molecular complexity index is 373. The molecule has 0 fully saturated rings. The van der Waals surface area contributed by atoms with Gasteiger partial charge in [-0.15, -0.1) is 0 Å². The van der Waals surface area contributed by atoms with Crippen molar-refractivity contribution in [3.8, 4) is 0 Å². The van der Waals surface area contributed by atoms with Gasteiger partial charge in [0.25, 0.3) is 0 Å². The number of rotatable bonds is 1. The quantitative estimate of drug-likeness (QED) is 0.755. The van der Waals surface area contributed by atoms with Crippen molar-refractivity contribution < 1.29 is 14.3 Å². The number of hydrogen-bond acceptors (Lipinski definition) is 2. The van der Waals surface area contributed by atoms with E-state index in [4.69, 9.17) is 9.52 Å². The van der Waals surface area contributed by atoms with E-state index in [-0.39, 0.29) is 6.42 Å². The van der Waals surface area contributed by atoms with Crippen LogP contribution in [-0.4, -0.2) is 11.1 Å². The summed E-state index contributed by atoms with van der Waals surface area (Å²) in [5, 5.41) is 8.89. The molecule has 0 saturated heterocycles. The summed E-state index contributed by atoms with van der Waals surface area (Å²) >= 11 is 0. The number of aliphatic carboxylic acids is 1. The monoisotopic (exact) mass is 192 g/mol. The molecule has 0 radical (unpaired) electrons. The molecule has 0 amide bonds. The summed E-state index contributed by atoms with van der Waals surface area (Å²) in [7, 11) is 0. The normalized spacial score (nSPS) is 9.21. The summed E-state index contributed by atoms with van der Waals surface area (Å²) in [5.74, 6) is -0.745. The molecule has 1 N–H and O–H groups in total. The van der Waals surface area contributed by atoms with Crippen LogP contribution in [0.15, 0.2) is 41.0 Å². The van der Waals surface area contributed by atoms with E-state index in [1.165, 1.54) is 0 Å². The third-order valence-electron chi connectivity index (χ3n) is 1.66. The summed E-state index contributed by atoms with van der Waals surface area (Å²) in [6, 6.07) is 9.90. The van der Waals surface area contributed by atoms with E-state index < -0.39 is 5.97 Å². The minimum atomic E-state index is -0.745. The van der Waals surface area contributed by atoms with Gasteiger partial charge in [-0.3, -0.25) is 4.79 Å². The maximum Gasteiger partial charge on any atom is 0.303 e. The highest BCUT2D eigenvalue weighted by Crippen LogP contribution is 2.12. The Kier molecular flexibility index (Phi) is 3.73. The topological polar surface area (TPSA) is 50.4 Å². The molecule has 1 aromatic heterocycles. The van der Waals surface area contributed by atoms with Gasteiger partial charge in [-0.25, -0.2) is 0 Å². The summed E-state index contributed by atoms with van der Waals surface area (Å²) in [6.45, 7) is 1.60. The van der Waals surface area contributed by atoms with Crippen LogP contribution >= 0.6 is 0 Å². The maximum atomic E-state index is 9.37. The van der Waals surface area contributed by atoms with E-state index in [0.717, 1.165) is 11.0 Å². The van der Waals surface area contributed by atoms with Gasteiger partial charge >= 0.3 is 5.97 Å². The molecule has 0 unspecified atom stereocenters. The smallest absolute Gasteiger partial charge is 0.303 e. The standard InChI is InChI=1S/C8H6O.C3H6O2/c1-2-4-8-7(3-1)5-6-9-8;1-2-3(4)5/h1-6H;2H2,1H3,(H,4,5). The lowest BCUT2D eigenvalue weighted by Gasteiger charge is -1.81. The lowest BCUT2D eigenvalue weighted by atomic mass is 10.3. The molecule has 3 heteroatoms. The SMILES string of the molecule is CCC(=O)O.c1ccc2occc2c1. The molecule has 0 bridgehead atoms. The highest BCUT2D eigenvalue weighted by Gasteiger charge is 1.89. The molecular formula is C11H12O3. The molecule has 1 aromatic carbocycles. The maximum absolute atomic E-state index is 9.37. The Balaban J connectivity index is 0.000000171. The minimum Gasteiger partial charge on any atom is -0.481 e. The molecule has 2 rings (SSSR count). The van der Waals surface area contributed by atoms with Gasteiger partial charge in [0, 0.05) is 11.8 Å². The van der Waals surface area contributed by atoms with Crippen LogP contribution in [0.25, 0.3) is 11.0 Å². The van der Waals surface area contributed by atoms with Gasteiger partial charge in [-0.05, 0) is 12.1 Å². The van der Waals surface area contributed by atoms with Crippen LogP contribution in [-0.2, 0) is 4.79 Å². The first-order valence-electron chi connectivity index (χ1n) is 4.38. The van der Waals surface area contributed by atoms with E-state index in [1.807, 2.05) is 30.3 Å². The Morgan fingerprint density at radius 1 is 1.36 bits per heavy atom. The third-order valence-corrected chi connectivity index (χ3v) is 1.66. The average molecular weight is 192 g/mol. The van der Waals surface area contributed by atoms with E-state index in [2.05, 4.69) is 0 Å². The predicted octanol–water partition coefficient (Wildman–Crippen LogP) is 2.91. The van der Waals surface area contributed by atoms with Gasteiger partial charge < -0.3 is 9.52 Å². The third kappa shape index (κ3) is 2.94. The lowest BCUT2D eigenvalue weighted by Crippen LogP contribution is -1.86. The Labute approximate surface area is 82.0 Å². The van der Waals surface area contributed by atoms with Crippen LogP contribution in [0.1, 0.15) is 13.3 Å². The lowest BCUT2D eigenvalue weighted by molar-refractivity contribution is -0.136. The van der Waals surface area contributed by atoms with Gasteiger partial charge in [0.2, 0.25) is 0 Å². The van der Waals surface area contributed by atoms with Crippen LogP contribution < -0.4 is 0 Å². The van der Waals surface area contributed by atoms with Crippen LogP contribution in [0, 0.1) is 0 Å². The van der Waals surface area contributed by atoms with Gasteiger partial charge in [-0.1, -0.05) is 25.1 Å². The highest BCUT2D eigenvalue weighted by atomic mass is 16.4. The van der Waals surface area contributed by atoms with Crippen molar-refractivity contribution in [3.63, 3.8) is 0 Å². The van der Waals surface area contributed by atoms with Crippen LogP contribution in [0.4, 0.5) is 0 Å². The van der Waals surface area contributed by atoms with Gasteiger partial charge in [0.15, 0.2) is 0 Å². The number of benzene rings is 1. The molecule has 2 aromatic rings. The van der Waals surface area contributed by atoms with Crippen molar-refractivity contribution >= 4 is 16.9 Å². The molecule has 0 spiro atoms. The molecule has 0 aliphatic carbocycles. The molecule has 14 heavy (non-hydrogen) atoms. The fourth-order valence-electron chi connectivity index (χ4n) is 0.906. The van der Waals surface area contributed by atoms with E-state index >= 15 is 0 Å². The van der Waals surface area contributed by atoms with Crippen molar-refractivity contribution in [1.29, 1.82) is 0 Å². The Morgan fingerprint density at radius 3 is 2.57 bits per heavy atom. The van der Waals surface area contributed by atoms with E-state index in [0.29, 0.717) is 0 Å². The van der Waals surface area contributed by atoms with Gasteiger partial charge in [0.05, 0.1) is 6.26 Å². The van der Waals surface area contributed by atoms with Crippen molar-refractivity contribution in [2.75, 3.05) is 0 Å². The molecule has 0 saturated carbocycles. The molecular weight excluding hydrogens is 180 g/mol. The average Bonchev–Trinajstić information content (AvgIpc) is 2.66. The molecule has 0 aliphatic rings. The van der Waals surface area contributed by atoms with Crippen molar-refractivity contribution in [3.05, 3.63) is 36.6 Å². The minimum absolute atomic E-state index is 0.222. The zero-order chi connectivity index (χ0) is 10.4. The first kappa shape index (κ1) is 10.3. The number of para-hydroxylation sites is 1. The Hall–Kier alpha value is -1.77. The van der Waals surface area contributed by atoms with Crippen molar-refractivity contribution in [2.45, 2.75) is 13.3 Å². The second-order valence-corrected chi connectivity index (χ2v) is 2.71. The highest BCUT2D eigenvalue weighted by molar-refractivity contribution is 5.76. The van der Waals surface area contributed by atoms with E-state index in [1.54, 1.807) is 13.2 Å². The largest absolute Gasteiger partial charge is 0.481 e. The number of furan rings is 1. The second kappa shape index (κ2) is 5.07. The summed E-state index contributed by atoms with van der Waals surface area (Å²) < 4.78 is 5.12. The molecule has 1 heterocycles. The van der Waals surface area contributed by atoms with E-state index in [9.17, 15) is 4.79 Å².